The summed E-state index contributed by atoms with van der Waals surface area (Å²) in [6.45, 7) is 2.69. The summed E-state index contributed by atoms with van der Waals surface area (Å²) >= 11 is 1.62. The SMILES string of the molecule is CCc1nc(Nc2ccn(Cc3ccccn3)n2)c2ccsc2n1. The number of aryl methyl sites for hydroxylation is 1. The Kier molecular flexibility index (Phi) is 3.92. The maximum Gasteiger partial charge on any atom is 0.153 e. The molecule has 0 saturated carbocycles. The number of hydrogen-bond acceptors (Lipinski definition) is 6. The molecule has 1 N–H and O–H groups in total. The minimum atomic E-state index is 0.639. The number of fused-ring (bicyclic) bond motifs is 1. The number of aromatic nitrogens is 5. The second kappa shape index (κ2) is 6.37. The standard InChI is InChI=1S/C17H16N6S/c1-2-14-19-16(13-7-10-24-17(13)21-14)20-15-6-9-23(22-15)11-12-5-3-4-8-18-12/h3-10H,2,11H2,1H3,(H,19,20,21,22). The van der Waals surface area contributed by atoms with Crippen molar-refractivity contribution >= 4 is 33.2 Å². The molecule has 0 bridgehead atoms. The van der Waals surface area contributed by atoms with Crippen molar-refractivity contribution in [2.75, 3.05) is 5.32 Å². The van der Waals surface area contributed by atoms with Crippen LogP contribution in [0.25, 0.3) is 10.2 Å². The zero-order chi connectivity index (χ0) is 16.4. The molecule has 0 spiro atoms. The fourth-order valence-corrected chi connectivity index (χ4v) is 3.23. The Morgan fingerprint density at radius 1 is 1.17 bits per heavy atom. The van der Waals surface area contributed by atoms with Crippen LogP contribution in [0.3, 0.4) is 0 Å². The molecule has 0 aliphatic heterocycles. The number of hydrogen-bond donors (Lipinski definition) is 1. The van der Waals surface area contributed by atoms with E-state index in [0.717, 1.165) is 39.8 Å². The molecule has 24 heavy (non-hydrogen) atoms. The van der Waals surface area contributed by atoms with Gasteiger partial charge in [-0.3, -0.25) is 9.67 Å². The molecule has 6 nitrogen and oxygen atoms in total. The van der Waals surface area contributed by atoms with Crippen LogP contribution in [-0.4, -0.2) is 24.7 Å². The van der Waals surface area contributed by atoms with Crippen LogP contribution in [0.5, 0.6) is 0 Å². The van der Waals surface area contributed by atoms with Gasteiger partial charge in [0, 0.05) is 24.9 Å². The zero-order valence-electron chi connectivity index (χ0n) is 13.2. The lowest BCUT2D eigenvalue weighted by Gasteiger charge is -2.06. The average Bonchev–Trinajstić information content (AvgIpc) is 3.25. The van der Waals surface area contributed by atoms with Crippen molar-refractivity contribution in [1.29, 1.82) is 0 Å². The normalized spacial score (nSPS) is 11.0. The molecular weight excluding hydrogens is 320 g/mol. The molecule has 0 unspecified atom stereocenters. The first-order valence-electron chi connectivity index (χ1n) is 7.76. The van der Waals surface area contributed by atoms with E-state index >= 15 is 0 Å². The summed E-state index contributed by atoms with van der Waals surface area (Å²) in [4.78, 5) is 14.5. The molecule has 0 fully saturated rings. The van der Waals surface area contributed by atoms with Crippen molar-refractivity contribution < 1.29 is 0 Å². The van der Waals surface area contributed by atoms with Gasteiger partial charge in [-0.15, -0.1) is 11.3 Å². The van der Waals surface area contributed by atoms with E-state index in [4.69, 9.17) is 0 Å². The summed E-state index contributed by atoms with van der Waals surface area (Å²) in [5.74, 6) is 2.40. The van der Waals surface area contributed by atoms with Crippen LogP contribution in [0.1, 0.15) is 18.4 Å². The fourth-order valence-electron chi connectivity index (χ4n) is 2.45. The van der Waals surface area contributed by atoms with Crippen molar-refractivity contribution in [3.8, 4) is 0 Å². The molecule has 4 aromatic rings. The first-order valence-corrected chi connectivity index (χ1v) is 8.64. The van der Waals surface area contributed by atoms with Gasteiger partial charge in [0.15, 0.2) is 5.82 Å². The van der Waals surface area contributed by atoms with Gasteiger partial charge in [-0.05, 0) is 23.6 Å². The molecule has 7 heteroatoms. The van der Waals surface area contributed by atoms with E-state index < -0.39 is 0 Å². The van der Waals surface area contributed by atoms with Crippen molar-refractivity contribution in [2.24, 2.45) is 0 Å². The largest absolute Gasteiger partial charge is 0.323 e. The van der Waals surface area contributed by atoms with Gasteiger partial charge in [-0.25, -0.2) is 9.97 Å². The molecule has 0 aliphatic rings. The molecule has 0 saturated heterocycles. The van der Waals surface area contributed by atoms with E-state index in [-0.39, 0.29) is 0 Å². The number of rotatable bonds is 5. The summed E-state index contributed by atoms with van der Waals surface area (Å²) in [7, 11) is 0. The van der Waals surface area contributed by atoms with Gasteiger partial charge in [0.05, 0.1) is 17.6 Å². The van der Waals surface area contributed by atoms with Gasteiger partial charge in [-0.1, -0.05) is 13.0 Å². The molecule has 4 aromatic heterocycles. The smallest absolute Gasteiger partial charge is 0.153 e. The summed E-state index contributed by atoms with van der Waals surface area (Å²) < 4.78 is 1.86. The number of nitrogens with one attached hydrogen (secondary N) is 1. The maximum atomic E-state index is 4.60. The summed E-state index contributed by atoms with van der Waals surface area (Å²) in [6, 6.07) is 9.85. The maximum absolute atomic E-state index is 4.60. The van der Waals surface area contributed by atoms with Crippen molar-refractivity contribution in [1.82, 2.24) is 24.7 Å². The molecule has 4 heterocycles. The van der Waals surface area contributed by atoms with Crippen LogP contribution in [0.15, 0.2) is 48.1 Å². The van der Waals surface area contributed by atoms with Crippen molar-refractivity contribution in [3.05, 3.63) is 59.6 Å². The summed E-state index contributed by atoms with van der Waals surface area (Å²) in [5.41, 5.74) is 0.975. The predicted octanol–water partition coefficient (Wildman–Crippen LogP) is 3.64. The average molecular weight is 336 g/mol. The highest BCUT2D eigenvalue weighted by Gasteiger charge is 2.10. The second-order valence-corrected chi connectivity index (χ2v) is 6.22. The lowest BCUT2D eigenvalue weighted by molar-refractivity contribution is 0.675. The minimum Gasteiger partial charge on any atom is -0.323 e. The lowest BCUT2D eigenvalue weighted by Crippen LogP contribution is -2.04. The highest BCUT2D eigenvalue weighted by molar-refractivity contribution is 7.16. The Hall–Kier alpha value is -2.80. The zero-order valence-corrected chi connectivity index (χ0v) is 14.0. The molecule has 0 atom stereocenters. The van der Waals surface area contributed by atoms with Crippen LogP contribution < -0.4 is 5.32 Å². The van der Waals surface area contributed by atoms with Gasteiger partial charge in [0.25, 0.3) is 0 Å². The van der Waals surface area contributed by atoms with E-state index in [1.54, 1.807) is 17.5 Å². The van der Waals surface area contributed by atoms with E-state index in [2.05, 4.69) is 32.3 Å². The van der Waals surface area contributed by atoms with Crippen LogP contribution in [0.2, 0.25) is 0 Å². The van der Waals surface area contributed by atoms with Crippen molar-refractivity contribution in [3.63, 3.8) is 0 Å². The molecule has 0 amide bonds. The molecule has 0 radical (unpaired) electrons. The Bertz CT molecular complexity index is 960. The summed E-state index contributed by atoms with van der Waals surface area (Å²) in [6.07, 6.45) is 4.53. The van der Waals surface area contributed by atoms with E-state index in [1.807, 2.05) is 46.6 Å². The minimum absolute atomic E-state index is 0.639. The monoisotopic (exact) mass is 336 g/mol. The van der Waals surface area contributed by atoms with E-state index in [9.17, 15) is 0 Å². The fraction of sp³-hybridized carbons (Fsp3) is 0.176. The van der Waals surface area contributed by atoms with Crippen LogP contribution >= 0.6 is 11.3 Å². The predicted molar refractivity (Wildman–Crippen MR) is 95.6 cm³/mol. The van der Waals surface area contributed by atoms with Crippen molar-refractivity contribution in [2.45, 2.75) is 19.9 Å². The molecule has 4 rings (SSSR count). The number of nitrogens with zero attached hydrogens (tertiary/aromatic N) is 5. The molecule has 0 aliphatic carbocycles. The highest BCUT2D eigenvalue weighted by atomic mass is 32.1. The Morgan fingerprint density at radius 3 is 2.96 bits per heavy atom. The molecule has 0 aromatic carbocycles. The van der Waals surface area contributed by atoms with Crippen LogP contribution in [0.4, 0.5) is 11.6 Å². The highest BCUT2D eigenvalue weighted by Crippen LogP contribution is 2.27. The Morgan fingerprint density at radius 2 is 2.12 bits per heavy atom. The topological polar surface area (TPSA) is 68.5 Å². The Balaban J connectivity index is 1.59. The van der Waals surface area contributed by atoms with Crippen LogP contribution in [-0.2, 0) is 13.0 Å². The molecule has 120 valence electrons. The summed E-state index contributed by atoms with van der Waals surface area (Å²) in [5, 5.41) is 10.9. The lowest BCUT2D eigenvalue weighted by atomic mass is 10.3. The third-order valence-corrected chi connectivity index (χ3v) is 4.43. The van der Waals surface area contributed by atoms with Gasteiger partial charge in [0.1, 0.15) is 16.5 Å². The third-order valence-electron chi connectivity index (χ3n) is 3.62. The number of pyridine rings is 1. The second-order valence-electron chi connectivity index (χ2n) is 5.33. The van der Waals surface area contributed by atoms with E-state index in [1.165, 1.54) is 0 Å². The van der Waals surface area contributed by atoms with Gasteiger partial charge < -0.3 is 5.32 Å². The van der Waals surface area contributed by atoms with Gasteiger partial charge >= 0.3 is 0 Å². The molecular formula is C17H16N6S. The van der Waals surface area contributed by atoms with Gasteiger partial charge in [-0.2, -0.15) is 5.10 Å². The van der Waals surface area contributed by atoms with Gasteiger partial charge in [0.2, 0.25) is 0 Å². The third kappa shape index (κ3) is 2.98. The Labute approximate surface area is 143 Å². The quantitative estimate of drug-likeness (QED) is 0.602. The number of thiophene rings is 1. The van der Waals surface area contributed by atoms with Crippen LogP contribution in [0, 0.1) is 0 Å². The van der Waals surface area contributed by atoms with E-state index in [0.29, 0.717) is 6.54 Å². The number of anilines is 2. The first-order chi connectivity index (χ1) is 11.8. The first kappa shape index (κ1) is 14.8.